The third kappa shape index (κ3) is 4.69. The van der Waals surface area contributed by atoms with Crippen molar-refractivity contribution < 1.29 is 4.79 Å². The zero-order valence-corrected chi connectivity index (χ0v) is 15.1. The molecule has 1 saturated heterocycles. The van der Waals surface area contributed by atoms with Gasteiger partial charge in [-0.1, -0.05) is 37.3 Å². The Hall–Kier alpha value is -2.14. The molecule has 0 aliphatic carbocycles. The molecule has 1 aromatic carbocycles. The van der Waals surface area contributed by atoms with E-state index in [2.05, 4.69) is 38.4 Å². The van der Waals surface area contributed by atoms with Gasteiger partial charge >= 0.3 is 0 Å². The van der Waals surface area contributed by atoms with Gasteiger partial charge in [-0.05, 0) is 24.9 Å². The van der Waals surface area contributed by atoms with E-state index in [-0.39, 0.29) is 11.8 Å². The van der Waals surface area contributed by atoms with Crippen LogP contribution < -0.4 is 0 Å². The fourth-order valence-corrected chi connectivity index (χ4v) is 3.55. The molecule has 0 saturated carbocycles. The van der Waals surface area contributed by atoms with Gasteiger partial charge in [0.1, 0.15) is 0 Å². The van der Waals surface area contributed by atoms with Crippen LogP contribution in [0.5, 0.6) is 0 Å². The quantitative estimate of drug-likeness (QED) is 0.812. The topological polar surface area (TPSA) is 41.4 Å². The molecule has 0 spiro atoms. The van der Waals surface area contributed by atoms with Crippen molar-refractivity contribution in [3.05, 3.63) is 54.6 Å². The van der Waals surface area contributed by atoms with Crippen LogP contribution in [-0.4, -0.2) is 58.0 Å². The molecule has 1 amide bonds. The Balaban J connectivity index is 1.55. The molecule has 0 unspecified atom stereocenters. The minimum atomic E-state index is -0.0151. The summed E-state index contributed by atoms with van der Waals surface area (Å²) in [7, 11) is 0. The monoisotopic (exact) mass is 340 g/mol. The molecule has 5 nitrogen and oxygen atoms in total. The van der Waals surface area contributed by atoms with Crippen molar-refractivity contribution in [2.45, 2.75) is 32.2 Å². The summed E-state index contributed by atoms with van der Waals surface area (Å²) in [5.74, 6) is 0.267. The minimum absolute atomic E-state index is 0.0151. The third-order valence-electron chi connectivity index (χ3n) is 5.04. The predicted octanol–water partition coefficient (Wildman–Crippen LogP) is 2.61. The summed E-state index contributed by atoms with van der Waals surface area (Å²) < 4.78 is 2.11. The molecule has 3 rings (SSSR count). The minimum Gasteiger partial charge on any atom is -0.341 e. The van der Waals surface area contributed by atoms with Crippen molar-refractivity contribution in [2.24, 2.45) is 0 Å². The van der Waals surface area contributed by atoms with Crippen LogP contribution in [0.1, 0.15) is 31.2 Å². The first-order valence-corrected chi connectivity index (χ1v) is 9.29. The Bertz CT molecular complexity index is 641. The van der Waals surface area contributed by atoms with E-state index in [1.165, 1.54) is 0 Å². The number of carbonyl (C=O) groups excluding carboxylic acids is 1. The van der Waals surface area contributed by atoms with Gasteiger partial charge in [-0.2, -0.15) is 0 Å². The second-order valence-corrected chi connectivity index (χ2v) is 6.69. The first-order chi connectivity index (χ1) is 12.3. The Kier molecular flexibility index (Phi) is 6.23. The Morgan fingerprint density at radius 3 is 2.68 bits per heavy atom. The van der Waals surface area contributed by atoms with Gasteiger partial charge in [0.05, 0.1) is 12.2 Å². The van der Waals surface area contributed by atoms with Crippen LogP contribution in [-0.2, 0) is 11.3 Å². The van der Waals surface area contributed by atoms with E-state index in [4.69, 9.17) is 0 Å². The number of amides is 1. The molecule has 2 heterocycles. The zero-order chi connectivity index (χ0) is 17.5. The second-order valence-electron chi connectivity index (χ2n) is 6.69. The molecule has 0 N–H and O–H groups in total. The lowest BCUT2D eigenvalue weighted by molar-refractivity contribution is -0.132. The van der Waals surface area contributed by atoms with Crippen LogP contribution >= 0.6 is 0 Å². The molecule has 25 heavy (non-hydrogen) atoms. The Labute approximate surface area is 150 Å². The van der Waals surface area contributed by atoms with Crippen molar-refractivity contribution in [1.82, 2.24) is 19.4 Å². The van der Waals surface area contributed by atoms with E-state index >= 15 is 0 Å². The van der Waals surface area contributed by atoms with Gasteiger partial charge in [0.2, 0.25) is 5.91 Å². The average Bonchev–Trinajstić information content (AvgIpc) is 3.05. The zero-order valence-electron chi connectivity index (χ0n) is 15.1. The number of aromatic nitrogens is 2. The lowest BCUT2D eigenvalue weighted by Gasteiger charge is -2.26. The van der Waals surface area contributed by atoms with Crippen LogP contribution in [0.4, 0.5) is 0 Å². The molecule has 5 heteroatoms. The van der Waals surface area contributed by atoms with E-state index in [1.807, 2.05) is 36.9 Å². The van der Waals surface area contributed by atoms with E-state index in [0.717, 1.165) is 57.7 Å². The molecule has 2 aromatic rings. The number of rotatable bonds is 6. The summed E-state index contributed by atoms with van der Waals surface area (Å²) in [6, 6.07) is 10.2. The largest absolute Gasteiger partial charge is 0.341 e. The lowest BCUT2D eigenvalue weighted by Crippen LogP contribution is -2.38. The van der Waals surface area contributed by atoms with E-state index in [9.17, 15) is 4.79 Å². The highest BCUT2D eigenvalue weighted by Gasteiger charge is 2.26. The Morgan fingerprint density at radius 2 is 1.96 bits per heavy atom. The molecule has 1 fully saturated rings. The van der Waals surface area contributed by atoms with Gasteiger partial charge in [0, 0.05) is 45.1 Å². The number of imidazole rings is 1. The maximum atomic E-state index is 13.0. The van der Waals surface area contributed by atoms with Crippen LogP contribution in [0, 0.1) is 0 Å². The molecule has 1 aliphatic heterocycles. The van der Waals surface area contributed by atoms with Crippen molar-refractivity contribution in [1.29, 1.82) is 0 Å². The molecular formula is C20H28N4O. The number of hydrogen-bond acceptors (Lipinski definition) is 3. The van der Waals surface area contributed by atoms with Crippen LogP contribution in [0.3, 0.4) is 0 Å². The standard InChI is InChI=1S/C20H28N4O/c1-2-19(18-7-4-3-5-8-18)20(25)24-11-6-10-22(15-16-24)13-14-23-12-9-21-17-23/h3-5,7-9,12,17,19H,2,6,10-11,13-16H2,1H3/t19-/m0/s1. The summed E-state index contributed by atoms with van der Waals surface area (Å²) in [4.78, 5) is 21.6. The molecule has 1 atom stereocenters. The maximum absolute atomic E-state index is 13.0. The highest BCUT2D eigenvalue weighted by Crippen LogP contribution is 2.22. The first kappa shape index (κ1) is 17.7. The third-order valence-corrected chi connectivity index (χ3v) is 5.04. The number of nitrogens with zero attached hydrogens (tertiary/aromatic N) is 4. The molecule has 0 radical (unpaired) electrons. The highest BCUT2D eigenvalue weighted by molar-refractivity contribution is 5.83. The highest BCUT2D eigenvalue weighted by atomic mass is 16.2. The van der Waals surface area contributed by atoms with E-state index in [0.29, 0.717) is 0 Å². The predicted molar refractivity (Wildman–Crippen MR) is 99.3 cm³/mol. The van der Waals surface area contributed by atoms with E-state index in [1.54, 1.807) is 0 Å². The normalized spacial score (nSPS) is 17.2. The summed E-state index contributed by atoms with van der Waals surface area (Å²) in [6.07, 6.45) is 7.57. The number of carbonyl (C=O) groups is 1. The van der Waals surface area contributed by atoms with Crippen molar-refractivity contribution in [3.8, 4) is 0 Å². The van der Waals surface area contributed by atoms with Gasteiger partial charge in [0.25, 0.3) is 0 Å². The lowest BCUT2D eigenvalue weighted by atomic mass is 9.95. The van der Waals surface area contributed by atoms with Crippen molar-refractivity contribution in [2.75, 3.05) is 32.7 Å². The first-order valence-electron chi connectivity index (χ1n) is 9.29. The van der Waals surface area contributed by atoms with Gasteiger partial charge < -0.3 is 9.47 Å². The molecular weight excluding hydrogens is 312 g/mol. The van der Waals surface area contributed by atoms with Crippen LogP contribution in [0.2, 0.25) is 0 Å². The second kappa shape index (κ2) is 8.81. The van der Waals surface area contributed by atoms with Crippen LogP contribution in [0.25, 0.3) is 0 Å². The van der Waals surface area contributed by atoms with Gasteiger partial charge in [-0.25, -0.2) is 4.98 Å². The molecule has 1 aliphatic rings. The fraction of sp³-hybridized carbons (Fsp3) is 0.500. The molecule has 1 aromatic heterocycles. The Morgan fingerprint density at radius 1 is 1.12 bits per heavy atom. The number of benzene rings is 1. The van der Waals surface area contributed by atoms with Gasteiger partial charge in [-0.15, -0.1) is 0 Å². The maximum Gasteiger partial charge on any atom is 0.230 e. The van der Waals surface area contributed by atoms with Crippen molar-refractivity contribution >= 4 is 5.91 Å². The van der Waals surface area contributed by atoms with Gasteiger partial charge in [-0.3, -0.25) is 9.69 Å². The number of hydrogen-bond donors (Lipinski definition) is 0. The summed E-state index contributed by atoms with van der Waals surface area (Å²) >= 11 is 0. The molecule has 134 valence electrons. The van der Waals surface area contributed by atoms with Crippen molar-refractivity contribution in [3.63, 3.8) is 0 Å². The van der Waals surface area contributed by atoms with Crippen LogP contribution in [0.15, 0.2) is 49.1 Å². The van der Waals surface area contributed by atoms with Gasteiger partial charge in [0.15, 0.2) is 0 Å². The molecule has 0 bridgehead atoms. The van der Waals surface area contributed by atoms with E-state index < -0.39 is 0 Å². The average molecular weight is 340 g/mol. The smallest absolute Gasteiger partial charge is 0.230 e. The summed E-state index contributed by atoms with van der Waals surface area (Å²) in [5, 5.41) is 0. The fourth-order valence-electron chi connectivity index (χ4n) is 3.55. The summed E-state index contributed by atoms with van der Waals surface area (Å²) in [5.41, 5.74) is 1.14. The SMILES string of the molecule is CC[C@H](C(=O)N1CCCN(CCn2ccnc2)CC1)c1ccccc1. The summed E-state index contributed by atoms with van der Waals surface area (Å²) in [6.45, 7) is 7.76.